The highest BCUT2D eigenvalue weighted by Crippen LogP contribution is 2.47. The summed E-state index contributed by atoms with van der Waals surface area (Å²) in [4.78, 5) is 3.63. The highest BCUT2D eigenvalue weighted by Gasteiger charge is 2.52. The van der Waals surface area contributed by atoms with Crippen molar-refractivity contribution >= 4 is 0 Å². The molecule has 1 fully saturated rings. The number of phenols is 1. The molecule has 0 spiro atoms. The topological polar surface area (TPSA) is 35.9 Å². The van der Waals surface area contributed by atoms with E-state index in [-0.39, 0.29) is 31.4 Å². The Hall–Kier alpha value is -2.32. The van der Waals surface area contributed by atoms with E-state index < -0.39 is 17.6 Å². The monoisotopic (exact) mass is 480 g/mol. The highest BCUT2D eigenvalue weighted by molar-refractivity contribution is 5.49. The molecule has 1 unspecified atom stereocenters. The molecule has 0 amide bonds. The first-order valence-electron chi connectivity index (χ1n) is 11.7. The van der Waals surface area contributed by atoms with Crippen molar-refractivity contribution in [2.75, 3.05) is 46.0 Å². The molecule has 1 saturated heterocycles. The Morgan fingerprint density at radius 2 is 1.85 bits per heavy atom. The van der Waals surface area contributed by atoms with E-state index in [0.29, 0.717) is 42.0 Å². The van der Waals surface area contributed by atoms with Crippen LogP contribution in [0.5, 0.6) is 11.5 Å². The van der Waals surface area contributed by atoms with E-state index >= 15 is 8.78 Å². The number of fused-ring (bicyclic) bond motifs is 1. The molecule has 34 heavy (non-hydrogen) atoms. The second kappa shape index (κ2) is 9.74. The van der Waals surface area contributed by atoms with Gasteiger partial charge in [0.2, 0.25) is 0 Å². The first-order chi connectivity index (χ1) is 16.1. The Bertz CT molecular complexity index is 974. The standard InChI is InChI=1S/C26H32F4N2O2/c1-25(2,30)17-32-10-9-19-13-21(33)5-8-23(19)26(32,24(28)29)20-3-6-22(7-4-20)34-12-11-31-15-18(14-27)16-31/h3-8,13,18,24,33H,9-12,14-17H2,1-2H3. The van der Waals surface area contributed by atoms with Crippen molar-refractivity contribution in [2.45, 2.75) is 37.9 Å². The number of nitrogens with zero attached hydrogens (tertiary/aromatic N) is 2. The van der Waals surface area contributed by atoms with Gasteiger partial charge in [0.05, 0.1) is 6.67 Å². The summed E-state index contributed by atoms with van der Waals surface area (Å²) in [5.74, 6) is 0.683. The number of benzene rings is 2. The van der Waals surface area contributed by atoms with Crippen molar-refractivity contribution in [1.82, 2.24) is 9.80 Å². The molecule has 0 radical (unpaired) electrons. The fraction of sp³-hybridized carbons (Fsp3) is 0.538. The zero-order valence-electron chi connectivity index (χ0n) is 19.6. The first-order valence-corrected chi connectivity index (χ1v) is 11.7. The second-order valence-electron chi connectivity index (χ2n) is 9.95. The number of ether oxygens (including phenoxy) is 1. The summed E-state index contributed by atoms with van der Waals surface area (Å²) in [7, 11) is 0. The molecule has 2 aliphatic rings. The van der Waals surface area contributed by atoms with E-state index in [4.69, 9.17) is 4.74 Å². The molecule has 2 aliphatic heterocycles. The first kappa shape index (κ1) is 24.8. The minimum atomic E-state index is -2.83. The maximum atomic E-state index is 15.1. The van der Waals surface area contributed by atoms with E-state index in [0.717, 1.165) is 13.1 Å². The lowest BCUT2D eigenvalue weighted by atomic mass is 9.75. The van der Waals surface area contributed by atoms with Crippen LogP contribution in [0.4, 0.5) is 17.6 Å². The number of hydrogen-bond acceptors (Lipinski definition) is 4. The van der Waals surface area contributed by atoms with Crippen molar-refractivity contribution in [3.63, 3.8) is 0 Å². The van der Waals surface area contributed by atoms with Crippen LogP contribution in [0.2, 0.25) is 0 Å². The Balaban J connectivity index is 1.61. The molecule has 1 atom stereocenters. The predicted molar refractivity (Wildman–Crippen MR) is 123 cm³/mol. The van der Waals surface area contributed by atoms with Crippen LogP contribution in [0.1, 0.15) is 30.5 Å². The SMILES string of the molecule is CC(C)(F)CN1CCc2cc(O)ccc2C1(c1ccc(OCCN2CC(CF)C2)cc1)C(F)F. The van der Waals surface area contributed by atoms with Gasteiger partial charge >= 0.3 is 0 Å². The van der Waals surface area contributed by atoms with Gasteiger partial charge in [0.15, 0.2) is 0 Å². The second-order valence-corrected chi connectivity index (χ2v) is 9.95. The van der Waals surface area contributed by atoms with E-state index in [2.05, 4.69) is 4.90 Å². The lowest BCUT2D eigenvalue weighted by Crippen LogP contribution is -2.58. The average Bonchev–Trinajstić information content (AvgIpc) is 2.74. The van der Waals surface area contributed by atoms with Crippen molar-refractivity contribution in [3.05, 3.63) is 59.2 Å². The van der Waals surface area contributed by atoms with E-state index in [1.807, 2.05) is 0 Å². The Kier molecular flexibility index (Phi) is 7.10. The molecule has 0 aromatic heterocycles. The number of alkyl halides is 4. The number of phenolic OH excluding ortho intramolecular Hbond substituents is 1. The maximum absolute atomic E-state index is 15.1. The lowest BCUT2D eigenvalue weighted by Gasteiger charge is -2.49. The van der Waals surface area contributed by atoms with Gasteiger partial charge in [-0.15, -0.1) is 0 Å². The van der Waals surface area contributed by atoms with Crippen molar-refractivity contribution < 1.29 is 27.4 Å². The number of aromatic hydroxyl groups is 1. The normalized spacial score (nSPS) is 22.0. The molecule has 2 aromatic carbocycles. The van der Waals surface area contributed by atoms with Crippen LogP contribution in [-0.4, -0.2) is 73.0 Å². The summed E-state index contributed by atoms with van der Waals surface area (Å²) < 4.78 is 63.2. The van der Waals surface area contributed by atoms with Gasteiger partial charge in [-0.2, -0.15) is 0 Å². The highest BCUT2D eigenvalue weighted by atomic mass is 19.3. The minimum Gasteiger partial charge on any atom is -0.508 e. The van der Waals surface area contributed by atoms with Gasteiger partial charge < -0.3 is 9.84 Å². The van der Waals surface area contributed by atoms with Crippen LogP contribution in [0.3, 0.4) is 0 Å². The number of likely N-dealkylation sites (tertiary alicyclic amines) is 1. The van der Waals surface area contributed by atoms with E-state index in [1.54, 1.807) is 24.3 Å². The van der Waals surface area contributed by atoms with Crippen LogP contribution in [-0.2, 0) is 12.0 Å². The third-order valence-electron chi connectivity index (χ3n) is 6.75. The van der Waals surface area contributed by atoms with Gasteiger partial charge in [-0.1, -0.05) is 18.2 Å². The molecule has 4 rings (SSSR count). The molecule has 1 N–H and O–H groups in total. The zero-order chi connectivity index (χ0) is 24.5. The maximum Gasteiger partial charge on any atom is 0.265 e. The molecular weight excluding hydrogens is 448 g/mol. The fourth-order valence-corrected chi connectivity index (χ4v) is 5.19. The van der Waals surface area contributed by atoms with Gasteiger partial charge in [-0.25, -0.2) is 13.2 Å². The lowest BCUT2D eigenvalue weighted by molar-refractivity contribution is -0.0581. The van der Waals surface area contributed by atoms with Crippen molar-refractivity contribution in [2.24, 2.45) is 5.92 Å². The largest absolute Gasteiger partial charge is 0.508 e. The molecule has 0 aliphatic carbocycles. The predicted octanol–water partition coefficient (Wildman–Crippen LogP) is 4.79. The van der Waals surface area contributed by atoms with Crippen LogP contribution in [0.25, 0.3) is 0 Å². The molecule has 2 aromatic rings. The number of hydrogen-bond donors (Lipinski definition) is 1. The number of rotatable bonds is 9. The van der Waals surface area contributed by atoms with Gasteiger partial charge in [0.1, 0.15) is 29.3 Å². The number of halogens is 4. The summed E-state index contributed by atoms with van der Waals surface area (Å²) in [5, 5.41) is 9.93. The quantitative estimate of drug-likeness (QED) is 0.524. The molecule has 186 valence electrons. The fourth-order valence-electron chi connectivity index (χ4n) is 5.19. The molecule has 0 saturated carbocycles. The van der Waals surface area contributed by atoms with E-state index in [1.165, 1.54) is 36.9 Å². The van der Waals surface area contributed by atoms with Crippen LogP contribution in [0.15, 0.2) is 42.5 Å². The van der Waals surface area contributed by atoms with Crippen LogP contribution < -0.4 is 4.74 Å². The van der Waals surface area contributed by atoms with Crippen molar-refractivity contribution in [3.8, 4) is 11.5 Å². The summed E-state index contributed by atoms with van der Waals surface area (Å²) >= 11 is 0. The smallest absolute Gasteiger partial charge is 0.265 e. The Morgan fingerprint density at radius 3 is 2.47 bits per heavy atom. The van der Waals surface area contributed by atoms with Gasteiger partial charge in [0.25, 0.3) is 6.43 Å². The average molecular weight is 481 g/mol. The van der Waals surface area contributed by atoms with Gasteiger partial charge in [-0.05, 0) is 61.2 Å². The molecular formula is C26H32F4N2O2. The third kappa shape index (κ3) is 4.89. The molecule has 8 heteroatoms. The summed E-state index contributed by atoms with van der Waals surface area (Å²) in [6.45, 7) is 5.10. The third-order valence-corrected chi connectivity index (χ3v) is 6.75. The zero-order valence-corrected chi connectivity index (χ0v) is 19.6. The molecule has 2 heterocycles. The molecule has 4 nitrogen and oxygen atoms in total. The Morgan fingerprint density at radius 1 is 1.15 bits per heavy atom. The van der Waals surface area contributed by atoms with Crippen molar-refractivity contribution in [1.29, 1.82) is 0 Å². The summed E-state index contributed by atoms with van der Waals surface area (Å²) in [6.07, 6.45) is -2.39. The van der Waals surface area contributed by atoms with Gasteiger partial charge in [-0.3, -0.25) is 14.2 Å². The van der Waals surface area contributed by atoms with Gasteiger partial charge in [0, 0.05) is 38.6 Å². The summed E-state index contributed by atoms with van der Waals surface area (Å²) in [6, 6.07) is 11.0. The van der Waals surface area contributed by atoms with Crippen LogP contribution >= 0.6 is 0 Å². The van der Waals surface area contributed by atoms with E-state index in [9.17, 15) is 13.9 Å². The summed E-state index contributed by atoms with van der Waals surface area (Å²) in [5.41, 5.74) is -2.16. The molecule has 0 bridgehead atoms. The Labute approximate surface area is 198 Å². The van der Waals surface area contributed by atoms with Crippen LogP contribution in [0, 0.1) is 5.92 Å². The minimum absolute atomic E-state index is 0.0185.